The van der Waals surface area contributed by atoms with Crippen molar-refractivity contribution in [2.45, 2.75) is 45.0 Å². The van der Waals surface area contributed by atoms with E-state index in [1.807, 2.05) is 0 Å². The van der Waals surface area contributed by atoms with Crippen LogP contribution in [-0.4, -0.2) is 36.4 Å². The molecule has 6 nitrogen and oxygen atoms in total. The van der Waals surface area contributed by atoms with Crippen LogP contribution in [0.5, 0.6) is 0 Å². The van der Waals surface area contributed by atoms with Crippen molar-refractivity contribution >= 4 is 12.1 Å². The molecule has 0 saturated carbocycles. The molecule has 92 valence electrons. The molecule has 0 aromatic rings. The predicted molar refractivity (Wildman–Crippen MR) is 52.5 cm³/mol. The number of carbonyl (C=O) groups is 2. The number of aliphatic carboxylic acids is 1. The zero-order chi connectivity index (χ0) is 12.3. The SMILES string of the molecule is CC(C)(C)OC(=O)NC[C@@H]1C[C@H](C(=O)[O-])O1.[Li+]. The number of nitrogens with one attached hydrogen (secondary N) is 1. The number of carboxylic acid groups (broad SMARTS) is 1. The van der Waals surface area contributed by atoms with Crippen molar-refractivity contribution in [3.63, 3.8) is 0 Å². The fourth-order valence-electron chi connectivity index (χ4n) is 1.25. The summed E-state index contributed by atoms with van der Waals surface area (Å²) in [5.41, 5.74) is -0.544. The number of hydrogen-bond acceptors (Lipinski definition) is 5. The summed E-state index contributed by atoms with van der Waals surface area (Å²) in [6, 6.07) is 0. The molecule has 7 heteroatoms. The topological polar surface area (TPSA) is 87.7 Å². The molecule has 0 bridgehead atoms. The van der Waals surface area contributed by atoms with Crippen LogP contribution in [-0.2, 0) is 14.3 Å². The van der Waals surface area contributed by atoms with Gasteiger partial charge in [0.05, 0.1) is 18.2 Å². The van der Waals surface area contributed by atoms with Crippen molar-refractivity contribution in [2.24, 2.45) is 0 Å². The molecule has 1 aliphatic heterocycles. The third-order valence-electron chi connectivity index (χ3n) is 1.97. The monoisotopic (exact) mass is 237 g/mol. The minimum absolute atomic E-state index is 0. The number of carboxylic acids is 1. The summed E-state index contributed by atoms with van der Waals surface area (Å²) in [5, 5.41) is 12.8. The van der Waals surface area contributed by atoms with Crippen LogP contribution in [0, 0.1) is 0 Å². The molecule has 17 heavy (non-hydrogen) atoms. The quantitative estimate of drug-likeness (QED) is 0.513. The molecule has 0 unspecified atom stereocenters. The number of alkyl carbamates (subject to hydrolysis) is 1. The Hall–Kier alpha value is -0.703. The van der Waals surface area contributed by atoms with Crippen molar-refractivity contribution in [1.29, 1.82) is 0 Å². The Morgan fingerprint density at radius 1 is 1.47 bits per heavy atom. The van der Waals surface area contributed by atoms with E-state index in [1.165, 1.54) is 0 Å². The third-order valence-corrected chi connectivity index (χ3v) is 1.97. The first-order valence-electron chi connectivity index (χ1n) is 5.11. The maximum absolute atomic E-state index is 11.2. The average molecular weight is 237 g/mol. The molecule has 0 aliphatic carbocycles. The Morgan fingerprint density at radius 2 is 2.00 bits per heavy atom. The second-order valence-corrected chi connectivity index (χ2v) is 4.68. The van der Waals surface area contributed by atoms with Gasteiger partial charge >= 0.3 is 25.0 Å². The predicted octanol–water partition coefficient (Wildman–Crippen LogP) is -3.58. The van der Waals surface area contributed by atoms with Gasteiger partial charge in [0.25, 0.3) is 0 Å². The second kappa shape index (κ2) is 6.29. The van der Waals surface area contributed by atoms with Crippen LogP contribution in [0.15, 0.2) is 0 Å². The van der Waals surface area contributed by atoms with E-state index in [4.69, 9.17) is 9.47 Å². The zero-order valence-electron chi connectivity index (χ0n) is 10.6. The molecule has 1 amide bonds. The van der Waals surface area contributed by atoms with Crippen molar-refractivity contribution in [3.8, 4) is 0 Å². The molecule has 0 aromatic heterocycles. The van der Waals surface area contributed by atoms with Crippen LogP contribution in [0.2, 0.25) is 0 Å². The normalized spacial score (nSPS) is 23.0. The number of ether oxygens (including phenoxy) is 2. The van der Waals surface area contributed by atoms with E-state index >= 15 is 0 Å². The maximum atomic E-state index is 11.2. The first-order valence-corrected chi connectivity index (χ1v) is 5.11. The van der Waals surface area contributed by atoms with Gasteiger partial charge in [0, 0.05) is 13.0 Å². The molecule has 2 atom stereocenters. The fraction of sp³-hybridized carbons (Fsp3) is 0.800. The maximum Gasteiger partial charge on any atom is 1.00 e. The molecule has 0 spiro atoms. The summed E-state index contributed by atoms with van der Waals surface area (Å²) in [6.07, 6.45) is -1.29. The van der Waals surface area contributed by atoms with Gasteiger partial charge in [-0.05, 0) is 20.8 Å². The standard InChI is InChI=1S/C10H17NO5.Li/c1-10(2,3)16-9(14)11-5-6-4-7(15-6)8(12)13;/h6-7H,4-5H2,1-3H3,(H,11,14)(H,12,13);/q;+1/p-1/t6-,7+;/m0./s1. The van der Waals surface area contributed by atoms with Crippen LogP contribution < -0.4 is 29.3 Å². The molecule has 1 aliphatic rings. The van der Waals surface area contributed by atoms with Crippen LogP contribution in [0.1, 0.15) is 27.2 Å². The summed E-state index contributed by atoms with van der Waals surface area (Å²) >= 11 is 0. The first kappa shape index (κ1) is 16.3. The minimum Gasteiger partial charge on any atom is -0.547 e. The van der Waals surface area contributed by atoms with E-state index in [9.17, 15) is 14.7 Å². The molecule has 0 radical (unpaired) electrons. The van der Waals surface area contributed by atoms with E-state index in [1.54, 1.807) is 20.8 Å². The Bertz CT molecular complexity index is 283. The van der Waals surface area contributed by atoms with Gasteiger partial charge in [0.15, 0.2) is 0 Å². The van der Waals surface area contributed by atoms with Crippen molar-refractivity contribution in [2.75, 3.05) is 6.54 Å². The Balaban J connectivity index is 0.00000256. The van der Waals surface area contributed by atoms with Gasteiger partial charge in [-0.2, -0.15) is 0 Å². The molecule has 1 saturated heterocycles. The van der Waals surface area contributed by atoms with Crippen LogP contribution >= 0.6 is 0 Å². The van der Waals surface area contributed by atoms with Crippen molar-refractivity contribution < 1.29 is 43.0 Å². The Kier molecular flexibility index (Phi) is 6.03. The first-order chi connectivity index (χ1) is 7.28. The summed E-state index contributed by atoms with van der Waals surface area (Å²) in [5.74, 6) is -1.21. The van der Waals surface area contributed by atoms with Gasteiger partial charge in [-0.25, -0.2) is 4.79 Å². The minimum atomic E-state index is -1.21. The van der Waals surface area contributed by atoms with E-state index in [-0.39, 0.29) is 31.5 Å². The molecule has 1 N–H and O–H groups in total. The average Bonchev–Trinajstić information content (AvgIpc) is 1.96. The second-order valence-electron chi connectivity index (χ2n) is 4.68. The van der Waals surface area contributed by atoms with Crippen molar-refractivity contribution in [1.82, 2.24) is 5.32 Å². The van der Waals surface area contributed by atoms with E-state index in [0.29, 0.717) is 6.42 Å². The van der Waals surface area contributed by atoms with Crippen LogP contribution in [0.25, 0.3) is 0 Å². The molecular formula is C10H16LiNO5. The number of hydrogen-bond donors (Lipinski definition) is 1. The summed E-state index contributed by atoms with van der Waals surface area (Å²) < 4.78 is 9.95. The molecule has 1 rings (SSSR count). The zero-order valence-corrected chi connectivity index (χ0v) is 10.6. The number of carbonyl (C=O) groups excluding carboxylic acids is 2. The molecular weight excluding hydrogens is 221 g/mol. The fourth-order valence-corrected chi connectivity index (χ4v) is 1.25. The van der Waals surface area contributed by atoms with Crippen LogP contribution in [0.3, 0.4) is 0 Å². The largest absolute Gasteiger partial charge is 1.00 e. The summed E-state index contributed by atoms with van der Waals surface area (Å²) in [4.78, 5) is 21.5. The number of amides is 1. The van der Waals surface area contributed by atoms with Crippen LogP contribution in [0.4, 0.5) is 4.79 Å². The van der Waals surface area contributed by atoms with E-state index < -0.39 is 23.8 Å². The molecule has 0 aromatic carbocycles. The Morgan fingerprint density at radius 3 is 2.41 bits per heavy atom. The van der Waals surface area contributed by atoms with E-state index in [2.05, 4.69) is 5.32 Å². The third kappa shape index (κ3) is 5.96. The van der Waals surface area contributed by atoms with Gasteiger partial charge in [-0.3, -0.25) is 0 Å². The van der Waals surface area contributed by atoms with Gasteiger partial charge in [0.1, 0.15) is 5.60 Å². The summed E-state index contributed by atoms with van der Waals surface area (Å²) in [7, 11) is 0. The smallest absolute Gasteiger partial charge is 0.547 e. The number of rotatable bonds is 3. The molecule has 1 heterocycles. The van der Waals surface area contributed by atoms with Gasteiger partial charge in [-0.15, -0.1) is 0 Å². The van der Waals surface area contributed by atoms with Gasteiger partial charge < -0.3 is 24.7 Å². The Labute approximate surface area is 112 Å². The van der Waals surface area contributed by atoms with E-state index in [0.717, 1.165) is 0 Å². The van der Waals surface area contributed by atoms with Gasteiger partial charge in [0.2, 0.25) is 0 Å². The van der Waals surface area contributed by atoms with Gasteiger partial charge in [-0.1, -0.05) is 0 Å². The molecule has 1 fully saturated rings. The summed E-state index contributed by atoms with van der Waals surface area (Å²) in [6.45, 7) is 5.54. The van der Waals surface area contributed by atoms with Crippen molar-refractivity contribution in [3.05, 3.63) is 0 Å².